The summed E-state index contributed by atoms with van der Waals surface area (Å²) in [5.74, 6) is 0.114. The van der Waals surface area contributed by atoms with Gasteiger partial charge in [-0.2, -0.15) is 0 Å². The average Bonchev–Trinajstić information content (AvgIpc) is 2.20. The summed E-state index contributed by atoms with van der Waals surface area (Å²) in [5.41, 5.74) is 8.09. The third-order valence-electron chi connectivity index (χ3n) is 2.17. The lowest BCUT2D eigenvalue weighted by atomic mass is 10.4. The molecule has 15 heavy (non-hydrogen) atoms. The van der Waals surface area contributed by atoms with E-state index in [1.54, 1.807) is 4.90 Å². The molecule has 0 bridgehead atoms. The minimum absolute atomic E-state index is 0.114. The van der Waals surface area contributed by atoms with Crippen molar-refractivity contribution in [1.29, 1.82) is 0 Å². The number of hydrogen-bond acceptors (Lipinski definition) is 3. The molecule has 0 unspecified atom stereocenters. The van der Waals surface area contributed by atoms with Crippen LogP contribution in [0.3, 0.4) is 0 Å². The summed E-state index contributed by atoms with van der Waals surface area (Å²) in [6.45, 7) is 6.78. The number of carbonyl (C=O) groups is 1. The molecule has 0 saturated carbocycles. The Morgan fingerprint density at radius 1 is 1.40 bits per heavy atom. The van der Waals surface area contributed by atoms with Gasteiger partial charge in [-0.05, 0) is 26.4 Å². The van der Waals surface area contributed by atoms with Gasteiger partial charge in [0.05, 0.1) is 6.54 Å². The van der Waals surface area contributed by atoms with Crippen molar-refractivity contribution in [2.24, 2.45) is 5.11 Å². The van der Waals surface area contributed by atoms with Crippen LogP contribution in [-0.2, 0) is 4.79 Å². The first kappa shape index (κ1) is 13.7. The minimum atomic E-state index is 0.114. The van der Waals surface area contributed by atoms with Gasteiger partial charge < -0.3 is 4.90 Å². The highest BCUT2D eigenvalue weighted by molar-refractivity contribution is 5.78. The maximum Gasteiger partial charge on any atom is 0.236 e. The molecule has 6 nitrogen and oxygen atoms in total. The Balaban J connectivity index is 3.88. The van der Waals surface area contributed by atoms with Crippen LogP contribution in [0.2, 0.25) is 0 Å². The fourth-order valence-corrected chi connectivity index (χ4v) is 1.25. The molecule has 0 spiro atoms. The van der Waals surface area contributed by atoms with Crippen LogP contribution < -0.4 is 0 Å². The van der Waals surface area contributed by atoms with Crippen molar-refractivity contribution in [3.8, 4) is 0 Å². The molecule has 86 valence electrons. The van der Waals surface area contributed by atoms with Crippen LogP contribution in [0, 0.1) is 0 Å². The first-order chi connectivity index (χ1) is 7.15. The van der Waals surface area contributed by atoms with Crippen LogP contribution in [0.1, 0.15) is 13.8 Å². The average molecular weight is 213 g/mol. The van der Waals surface area contributed by atoms with Gasteiger partial charge in [0.1, 0.15) is 0 Å². The van der Waals surface area contributed by atoms with Gasteiger partial charge in [0.2, 0.25) is 5.91 Å². The number of rotatable bonds is 7. The third-order valence-corrected chi connectivity index (χ3v) is 2.17. The van der Waals surface area contributed by atoms with E-state index < -0.39 is 0 Å². The molecule has 0 heterocycles. The van der Waals surface area contributed by atoms with Gasteiger partial charge in [-0.15, -0.1) is 0 Å². The topological polar surface area (TPSA) is 72.3 Å². The summed E-state index contributed by atoms with van der Waals surface area (Å²) in [6.07, 6.45) is 0. The van der Waals surface area contributed by atoms with Crippen molar-refractivity contribution in [2.45, 2.75) is 13.8 Å². The molecule has 6 heteroatoms. The van der Waals surface area contributed by atoms with Crippen LogP contribution >= 0.6 is 0 Å². The Kier molecular flexibility index (Phi) is 7.40. The van der Waals surface area contributed by atoms with E-state index in [1.165, 1.54) is 0 Å². The van der Waals surface area contributed by atoms with E-state index in [2.05, 4.69) is 10.0 Å². The molecule has 0 aromatic rings. The molecule has 0 aliphatic carbocycles. The van der Waals surface area contributed by atoms with Crippen molar-refractivity contribution >= 4 is 5.91 Å². The van der Waals surface area contributed by atoms with Gasteiger partial charge >= 0.3 is 0 Å². The Hall–Kier alpha value is -1.26. The molecule has 0 aliphatic heterocycles. The van der Waals surface area contributed by atoms with Crippen molar-refractivity contribution in [1.82, 2.24) is 9.80 Å². The van der Waals surface area contributed by atoms with Crippen LogP contribution in [0.5, 0.6) is 0 Å². The van der Waals surface area contributed by atoms with Gasteiger partial charge in [0.25, 0.3) is 0 Å². The van der Waals surface area contributed by atoms with Gasteiger partial charge in [-0.1, -0.05) is 5.11 Å². The molecule has 0 aliphatic rings. The summed E-state index contributed by atoms with van der Waals surface area (Å²) in [6, 6.07) is 0. The molecule has 0 aromatic carbocycles. The number of likely N-dealkylation sites (N-methyl/N-ethyl adjacent to an activating group) is 2. The van der Waals surface area contributed by atoms with Gasteiger partial charge in [0.15, 0.2) is 0 Å². The SMILES string of the molecule is CCN(CC)C(=O)CN(C)CCN=[N+]=[N-]. The number of hydrogen-bond donors (Lipinski definition) is 0. The maximum atomic E-state index is 11.6. The smallest absolute Gasteiger partial charge is 0.236 e. The second-order valence-corrected chi connectivity index (χ2v) is 3.26. The summed E-state index contributed by atoms with van der Waals surface area (Å²) in [7, 11) is 1.84. The van der Waals surface area contributed by atoms with E-state index in [4.69, 9.17) is 5.53 Å². The Morgan fingerprint density at radius 3 is 2.47 bits per heavy atom. The zero-order valence-electron chi connectivity index (χ0n) is 9.68. The van der Waals surface area contributed by atoms with Crippen molar-refractivity contribution in [2.75, 3.05) is 39.8 Å². The highest BCUT2D eigenvalue weighted by Gasteiger charge is 2.11. The summed E-state index contributed by atoms with van der Waals surface area (Å²) in [5, 5.41) is 3.42. The zero-order valence-corrected chi connectivity index (χ0v) is 9.68. The van der Waals surface area contributed by atoms with Crippen molar-refractivity contribution in [3.63, 3.8) is 0 Å². The highest BCUT2D eigenvalue weighted by atomic mass is 16.2. The van der Waals surface area contributed by atoms with Crippen molar-refractivity contribution < 1.29 is 4.79 Å². The van der Waals surface area contributed by atoms with Gasteiger partial charge in [-0.25, -0.2) is 0 Å². The highest BCUT2D eigenvalue weighted by Crippen LogP contribution is 1.92. The number of amides is 1. The zero-order chi connectivity index (χ0) is 11.7. The van der Waals surface area contributed by atoms with Crippen LogP contribution in [0.15, 0.2) is 5.11 Å². The molecule has 0 radical (unpaired) electrons. The van der Waals surface area contributed by atoms with E-state index in [1.807, 2.05) is 25.8 Å². The van der Waals surface area contributed by atoms with E-state index in [0.717, 1.165) is 13.1 Å². The molecule has 0 rings (SSSR count). The second kappa shape index (κ2) is 8.08. The van der Waals surface area contributed by atoms with E-state index in [0.29, 0.717) is 19.6 Å². The monoisotopic (exact) mass is 213 g/mol. The normalized spacial score (nSPS) is 9.87. The van der Waals surface area contributed by atoms with Crippen molar-refractivity contribution in [3.05, 3.63) is 10.4 Å². The molecule has 0 saturated heterocycles. The summed E-state index contributed by atoms with van der Waals surface area (Å²) < 4.78 is 0. The molecule has 1 amide bonds. The lowest BCUT2D eigenvalue weighted by Crippen LogP contribution is -2.39. The number of nitrogens with zero attached hydrogens (tertiary/aromatic N) is 5. The fraction of sp³-hybridized carbons (Fsp3) is 0.889. The maximum absolute atomic E-state index is 11.6. The predicted octanol–water partition coefficient (Wildman–Crippen LogP) is 1.10. The standard InChI is InChI=1S/C9H19N5O/c1-4-14(5-2)9(15)8-13(3)7-6-11-12-10/h4-8H2,1-3H3. The van der Waals surface area contributed by atoms with E-state index in [-0.39, 0.29) is 5.91 Å². The van der Waals surface area contributed by atoms with Crippen LogP contribution in [-0.4, -0.2) is 55.5 Å². The minimum Gasteiger partial charge on any atom is -0.342 e. The van der Waals surface area contributed by atoms with E-state index in [9.17, 15) is 4.79 Å². The van der Waals surface area contributed by atoms with Crippen LogP contribution in [0.4, 0.5) is 0 Å². The summed E-state index contributed by atoms with van der Waals surface area (Å²) in [4.78, 5) is 17.9. The third kappa shape index (κ3) is 5.93. The molecule has 0 atom stereocenters. The largest absolute Gasteiger partial charge is 0.342 e. The fourth-order valence-electron chi connectivity index (χ4n) is 1.25. The lowest BCUT2D eigenvalue weighted by molar-refractivity contribution is -0.131. The Bertz CT molecular complexity index is 233. The molecule has 0 N–H and O–H groups in total. The van der Waals surface area contributed by atoms with Crippen LogP contribution in [0.25, 0.3) is 10.4 Å². The first-order valence-corrected chi connectivity index (χ1v) is 5.12. The molecule has 0 fully saturated rings. The summed E-state index contributed by atoms with van der Waals surface area (Å²) >= 11 is 0. The predicted molar refractivity (Wildman–Crippen MR) is 59.4 cm³/mol. The van der Waals surface area contributed by atoms with Gasteiger partial charge in [-0.3, -0.25) is 9.69 Å². The number of azide groups is 1. The Labute approximate surface area is 90.5 Å². The molecular formula is C9H19N5O. The molecular weight excluding hydrogens is 194 g/mol. The first-order valence-electron chi connectivity index (χ1n) is 5.12. The Morgan fingerprint density at radius 2 is 2.00 bits per heavy atom. The second-order valence-electron chi connectivity index (χ2n) is 3.26. The molecule has 0 aromatic heterocycles. The quantitative estimate of drug-likeness (QED) is 0.361. The number of carbonyl (C=O) groups excluding carboxylic acids is 1. The van der Waals surface area contributed by atoms with Gasteiger partial charge in [0, 0.05) is 31.1 Å². The lowest BCUT2D eigenvalue weighted by Gasteiger charge is -2.22. The van der Waals surface area contributed by atoms with E-state index >= 15 is 0 Å².